The molecule has 0 aliphatic carbocycles. The number of aliphatic carboxylic acids is 1. The van der Waals surface area contributed by atoms with Crippen molar-refractivity contribution in [3.63, 3.8) is 0 Å². The Hall–Kier alpha value is -1.32. The van der Waals surface area contributed by atoms with Gasteiger partial charge < -0.3 is 10.0 Å². The Bertz CT molecular complexity index is 254. The van der Waals surface area contributed by atoms with Crippen LogP contribution in [0, 0.1) is 5.41 Å². The summed E-state index contributed by atoms with van der Waals surface area (Å²) >= 11 is 0. The molecule has 1 N–H and O–H groups in total. The molecule has 72 valence electrons. The Morgan fingerprint density at radius 2 is 2.15 bits per heavy atom. The van der Waals surface area contributed by atoms with Crippen LogP contribution in [0.3, 0.4) is 0 Å². The second-order valence-electron chi connectivity index (χ2n) is 3.51. The highest BCUT2D eigenvalue weighted by atomic mass is 16.4. The van der Waals surface area contributed by atoms with Crippen LogP contribution in [0.4, 0.5) is 0 Å². The molecule has 1 rings (SSSR count). The van der Waals surface area contributed by atoms with Crippen LogP contribution in [0.1, 0.15) is 13.3 Å². The first-order valence-electron chi connectivity index (χ1n) is 4.10. The predicted octanol–water partition coefficient (Wildman–Crippen LogP) is 0.496. The van der Waals surface area contributed by atoms with Crippen molar-refractivity contribution in [2.24, 2.45) is 5.41 Å². The van der Waals surface area contributed by atoms with Crippen molar-refractivity contribution >= 4 is 11.9 Å². The van der Waals surface area contributed by atoms with Crippen molar-refractivity contribution in [1.29, 1.82) is 0 Å². The second-order valence-corrected chi connectivity index (χ2v) is 3.51. The first-order chi connectivity index (χ1) is 5.99. The summed E-state index contributed by atoms with van der Waals surface area (Å²) in [5.74, 6) is -0.856. The fourth-order valence-corrected chi connectivity index (χ4v) is 1.55. The van der Waals surface area contributed by atoms with Gasteiger partial charge in [0, 0.05) is 25.4 Å². The molecule has 1 saturated heterocycles. The van der Waals surface area contributed by atoms with E-state index in [0.717, 1.165) is 0 Å². The Morgan fingerprint density at radius 1 is 1.62 bits per heavy atom. The molecule has 1 amide bonds. The molecular weight excluding hydrogens is 170 g/mol. The number of nitrogens with zero attached hydrogens (tertiary/aromatic N) is 1. The van der Waals surface area contributed by atoms with Gasteiger partial charge in [-0.3, -0.25) is 9.59 Å². The number of hydrogen-bond acceptors (Lipinski definition) is 2. The highest BCUT2D eigenvalue weighted by molar-refractivity contribution is 5.75. The molecular formula is C9H13NO3. The van der Waals surface area contributed by atoms with Crippen molar-refractivity contribution in [2.75, 3.05) is 13.1 Å². The van der Waals surface area contributed by atoms with Gasteiger partial charge in [-0.1, -0.05) is 6.08 Å². The van der Waals surface area contributed by atoms with Crippen LogP contribution >= 0.6 is 0 Å². The van der Waals surface area contributed by atoms with Crippen molar-refractivity contribution in [3.05, 3.63) is 12.7 Å². The zero-order chi connectivity index (χ0) is 10.1. The smallest absolute Gasteiger partial charge is 0.304 e. The molecule has 1 aliphatic heterocycles. The fourth-order valence-electron chi connectivity index (χ4n) is 1.55. The van der Waals surface area contributed by atoms with Crippen molar-refractivity contribution < 1.29 is 14.7 Å². The molecule has 1 heterocycles. The van der Waals surface area contributed by atoms with Crippen molar-refractivity contribution in [2.45, 2.75) is 13.3 Å². The fraction of sp³-hybridized carbons (Fsp3) is 0.556. The van der Waals surface area contributed by atoms with Gasteiger partial charge in [-0.25, -0.2) is 0 Å². The van der Waals surface area contributed by atoms with Crippen LogP contribution in [0.5, 0.6) is 0 Å². The normalized spacial score (nSPS) is 19.0. The first kappa shape index (κ1) is 9.77. The molecule has 13 heavy (non-hydrogen) atoms. The van der Waals surface area contributed by atoms with Crippen LogP contribution in [-0.4, -0.2) is 35.0 Å². The third kappa shape index (κ3) is 1.88. The number of carboxylic acid groups (broad SMARTS) is 1. The van der Waals surface area contributed by atoms with E-state index >= 15 is 0 Å². The molecule has 0 spiro atoms. The van der Waals surface area contributed by atoms with Crippen LogP contribution in [0.25, 0.3) is 0 Å². The molecule has 0 aromatic heterocycles. The Balaban J connectivity index is 2.54. The number of likely N-dealkylation sites (tertiary alicyclic amines) is 1. The topological polar surface area (TPSA) is 57.6 Å². The van der Waals surface area contributed by atoms with Gasteiger partial charge in [-0.2, -0.15) is 0 Å². The molecule has 0 bridgehead atoms. The number of carbonyl (C=O) groups excluding carboxylic acids is 1. The van der Waals surface area contributed by atoms with Crippen molar-refractivity contribution in [1.82, 2.24) is 4.90 Å². The number of carboxylic acids is 1. The number of amides is 1. The first-order valence-corrected chi connectivity index (χ1v) is 4.10. The highest BCUT2D eigenvalue weighted by Gasteiger charge is 2.43. The monoisotopic (exact) mass is 183 g/mol. The standard InChI is InChI=1S/C9H13NO3/c1-3-9(4-8(12)13)5-10(6-9)7(2)11/h3H,1,4-6H2,2H3,(H,12,13). The molecule has 4 nitrogen and oxygen atoms in total. The van der Waals surface area contributed by atoms with E-state index in [9.17, 15) is 9.59 Å². The molecule has 0 radical (unpaired) electrons. The molecule has 0 atom stereocenters. The minimum Gasteiger partial charge on any atom is -0.481 e. The van der Waals surface area contributed by atoms with Gasteiger partial charge in [0.05, 0.1) is 6.42 Å². The molecule has 0 aromatic carbocycles. The lowest BCUT2D eigenvalue weighted by Crippen LogP contribution is -2.57. The van der Waals surface area contributed by atoms with Gasteiger partial charge in [0.25, 0.3) is 0 Å². The van der Waals surface area contributed by atoms with Gasteiger partial charge in [0.1, 0.15) is 0 Å². The van der Waals surface area contributed by atoms with E-state index in [-0.39, 0.29) is 12.3 Å². The average molecular weight is 183 g/mol. The van der Waals surface area contributed by atoms with Gasteiger partial charge in [-0.05, 0) is 0 Å². The van der Waals surface area contributed by atoms with E-state index in [1.807, 2.05) is 0 Å². The van der Waals surface area contributed by atoms with Gasteiger partial charge in [-0.15, -0.1) is 6.58 Å². The molecule has 0 unspecified atom stereocenters. The van der Waals surface area contributed by atoms with Crippen LogP contribution in [0.2, 0.25) is 0 Å². The lowest BCUT2D eigenvalue weighted by atomic mass is 9.77. The highest BCUT2D eigenvalue weighted by Crippen LogP contribution is 2.34. The van der Waals surface area contributed by atoms with E-state index in [2.05, 4.69) is 6.58 Å². The summed E-state index contributed by atoms with van der Waals surface area (Å²) in [4.78, 5) is 23.0. The zero-order valence-corrected chi connectivity index (χ0v) is 7.62. The van der Waals surface area contributed by atoms with E-state index < -0.39 is 11.4 Å². The van der Waals surface area contributed by atoms with Crippen molar-refractivity contribution in [3.8, 4) is 0 Å². The Kier molecular flexibility index (Phi) is 2.40. The van der Waals surface area contributed by atoms with Gasteiger partial charge >= 0.3 is 5.97 Å². The Morgan fingerprint density at radius 3 is 2.46 bits per heavy atom. The van der Waals surface area contributed by atoms with E-state index in [0.29, 0.717) is 13.1 Å². The van der Waals surface area contributed by atoms with Crippen LogP contribution in [-0.2, 0) is 9.59 Å². The third-order valence-electron chi connectivity index (χ3n) is 2.39. The molecule has 0 aromatic rings. The summed E-state index contributed by atoms with van der Waals surface area (Å²) in [7, 11) is 0. The maximum atomic E-state index is 10.9. The average Bonchev–Trinajstić information content (AvgIpc) is 1.94. The quantitative estimate of drug-likeness (QED) is 0.648. The molecule has 4 heteroatoms. The third-order valence-corrected chi connectivity index (χ3v) is 2.39. The lowest BCUT2D eigenvalue weighted by Gasteiger charge is -2.47. The summed E-state index contributed by atoms with van der Waals surface area (Å²) in [6.45, 7) is 6.05. The summed E-state index contributed by atoms with van der Waals surface area (Å²) < 4.78 is 0. The summed E-state index contributed by atoms with van der Waals surface area (Å²) in [5.41, 5.74) is -0.391. The maximum Gasteiger partial charge on any atom is 0.304 e. The summed E-state index contributed by atoms with van der Waals surface area (Å²) in [6.07, 6.45) is 1.70. The number of carbonyl (C=O) groups is 2. The number of hydrogen-bond donors (Lipinski definition) is 1. The summed E-state index contributed by atoms with van der Waals surface area (Å²) in [6, 6.07) is 0. The van der Waals surface area contributed by atoms with Gasteiger partial charge in [0.15, 0.2) is 0 Å². The number of rotatable bonds is 3. The lowest BCUT2D eigenvalue weighted by molar-refractivity contribution is -0.148. The Labute approximate surface area is 76.8 Å². The minimum absolute atomic E-state index is 0.0112. The predicted molar refractivity (Wildman–Crippen MR) is 47.1 cm³/mol. The SMILES string of the molecule is C=CC1(CC(=O)O)CN(C(C)=O)C1. The zero-order valence-electron chi connectivity index (χ0n) is 7.62. The summed E-state index contributed by atoms with van der Waals surface area (Å²) in [5, 5.41) is 8.62. The molecule has 0 saturated carbocycles. The molecule has 1 aliphatic rings. The van der Waals surface area contributed by atoms with Gasteiger partial charge in [0.2, 0.25) is 5.91 Å². The largest absolute Gasteiger partial charge is 0.481 e. The van der Waals surface area contributed by atoms with E-state index in [1.54, 1.807) is 11.0 Å². The van der Waals surface area contributed by atoms with Crippen LogP contribution in [0.15, 0.2) is 12.7 Å². The maximum absolute atomic E-state index is 10.9. The van der Waals surface area contributed by atoms with E-state index in [1.165, 1.54) is 6.92 Å². The minimum atomic E-state index is -0.844. The van der Waals surface area contributed by atoms with E-state index in [4.69, 9.17) is 5.11 Å². The molecule has 1 fully saturated rings. The second kappa shape index (κ2) is 3.20. The van der Waals surface area contributed by atoms with Crippen LogP contribution < -0.4 is 0 Å².